The van der Waals surface area contributed by atoms with Crippen molar-refractivity contribution >= 4 is 68.3 Å². The predicted octanol–water partition coefficient (Wildman–Crippen LogP) is 4.08. The van der Waals surface area contributed by atoms with Gasteiger partial charge in [0.25, 0.3) is 11.8 Å². The zero-order valence-corrected chi connectivity index (χ0v) is 18.4. The first kappa shape index (κ1) is 22.6. The van der Waals surface area contributed by atoms with Crippen molar-refractivity contribution < 1.29 is 19.1 Å². The molecular weight excluding hydrogens is 458 g/mol. The first-order chi connectivity index (χ1) is 15.0. The quantitative estimate of drug-likeness (QED) is 0.377. The van der Waals surface area contributed by atoms with Crippen molar-refractivity contribution in [1.82, 2.24) is 5.32 Å². The molecule has 2 amide bonds. The molecule has 0 spiro atoms. The topological polar surface area (TPSA) is 108 Å². The van der Waals surface area contributed by atoms with Crippen molar-refractivity contribution in [3.05, 3.63) is 58.4 Å². The first-order valence-electron chi connectivity index (χ1n) is 8.99. The molecule has 31 heavy (non-hydrogen) atoms. The molecule has 0 atom stereocenters. The maximum Gasteiger partial charge on any atom is 0.325 e. The largest absolute Gasteiger partial charge is 0.454 e. The van der Waals surface area contributed by atoms with Gasteiger partial charge in [-0.3, -0.25) is 14.4 Å². The Morgan fingerprint density at radius 1 is 1.13 bits per heavy atom. The molecular formula is C21H16ClN3O4S2. The van der Waals surface area contributed by atoms with Crippen molar-refractivity contribution in [3.63, 3.8) is 0 Å². The number of para-hydroxylation sites is 1. The van der Waals surface area contributed by atoms with E-state index in [1.165, 1.54) is 23.1 Å². The Balaban J connectivity index is 1.48. The smallest absolute Gasteiger partial charge is 0.325 e. The van der Waals surface area contributed by atoms with Gasteiger partial charge >= 0.3 is 5.97 Å². The van der Waals surface area contributed by atoms with Crippen LogP contribution >= 0.6 is 34.7 Å². The zero-order valence-electron chi connectivity index (χ0n) is 16.0. The number of anilines is 1. The van der Waals surface area contributed by atoms with Gasteiger partial charge in [-0.05, 0) is 18.2 Å². The molecule has 3 rings (SSSR count). The number of thiophene rings is 1. The molecule has 1 aromatic heterocycles. The summed E-state index contributed by atoms with van der Waals surface area (Å²) in [7, 11) is 0. The number of nitrogens with one attached hydrogen (secondary N) is 2. The number of benzene rings is 2. The minimum absolute atomic E-state index is 0.241. The number of halogens is 1. The Morgan fingerprint density at radius 3 is 2.65 bits per heavy atom. The number of nitriles is 1. The monoisotopic (exact) mass is 473 g/mol. The van der Waals surface area contributed by atoms with E-state index < -0.39 is 30.9 Å². The normalized spacial score (nSPS) is 10.3. The number of carbonyl (C=O) groups is 3. The molecule has 0 saturated heterocycles. The maximum atomic E-state index is 12.3. The number of hydrogen-bond acceptors (Lipinski definition) is 7. The third-order valence-corrected chi connectivity index (χ3v) is 6.57. The molecule has 0 bridgehead atoms. The summed E-state index contributed by atoms with van der Waals surface area (Å²) < 4.78 is 5.78. The van der Waals surface area contributed by atoms with Gasteiger partial charge in [0.15, 0.2) is 6.61 Å². The number of rotatable bonds is 8. The van der Waals surface area contributed by atoms with E-state index in [2.05, 4.69) is 10.6 Å². The van der Waals surface area contributed by atoms with E-state index in [4.69, 9.17) is 21.6 Å². The molecule has 2 N–H and O–H groups in total. The average Bonchev–Trinajstić information content (AvgIpc) is 3.12. The lowest BCUT2D eigenvalue weighted by Crippen LogP contribution is -2.32. The molecule has 0 aliphatic heterocycles. The van der Waals surface area contributed by atoms with Gasteiger partial charge in [0.1, 0.15) is 11.4 Å². The molecule has 0 aliphatic carbocycles. The lowest BCUT2D eigenvalue weighted by atomic mass is 10.2. The van der Waals surface area contributed by atoms with Gasteiger partial charge in [0, 0.05) is 15.0 Å². The molecule has 7 nitrogen and oxygen atoms in total. The highest BCUT2D eigenvalue weighted by molar-refractivity contribution is 7.99. The summed E-state index contributed by atoms with van der Waals surface area (Å²) >= 11 is 8.76. The first-order valence-corrected chi connectivity index (χ1v) is 11.2. The Hall–Kier alpha value is -3.06. The van der Waals surface area contributed by atoms with Crippen molar-refractivity contribution in [2.24, 2.45) is 0 Å². The lowest BCUT2D eigenvalue weighted by Gasteiger charge is -2.10. The van der Waals surface area contributed by atoms with Crippen LogP contribution in [-0.2, 0) is 14.3 Å². The van der Waals surface area contributed by atoms with Crippen LogP contribution in [0.1, 0.15) is 9.67 Å². The second-order valence-corrected chi connectivity index (χ2v) is 8.52. The summed E-state index contributed by atoms with van der Waals surface area (Å²) in [5.74, 6) is -1.54. The number of ether oxygens (including phenoxy) is 1. The van der Waals surface area contributed by atoms with Crippen LogP contribution in [-0.4, -0.2) is 36.7 Å². The maximum absolute atomic E-state index is 12.3. The summed E-state index contributed by atoms with van der Waals surface area (Å²) in [5, 5.41) is 14.9. The molecule has 10 heteroatoms. The Kier molecular flexibility index (Phi) is 7.89. The highest BCUT2D eigenvalue weighted by Crippen LogP contribution is 2.34. The third kappa shape index (κ3) is 5.98. The standard InChI is InChI=1S/C21H16ClN3O4S2/c22-19-13-5-1-3-7-15(13)31-20(19)21(28)24-11-18(27)29-12-17(26)25-14-6-2-4-8-16(14)30-10-9-23/h1-8H,10-12H2,(H,24,28)(H,25,26). The Labute approximate surface area is 191 Å². The predicted molar refractivity (Wildman–Crippen MR) is 122 cm³/mol. The average molecular weight is 474 g/mol. The van der Waals surface area contributed by atoms with E-state index in [1.807, 2.05) is 30.3 Å². The molecule has 0 aliphatic rings. The van der Waals surface area contributed by atoms with Crippen LogP contribution in [0.5, 0.6) is 0 Å². The van der Waals surface area contributed by atoms with Crippen molar-refractivity contribution in [3.8, 4) is 6.07 Å². The molecule has 2 aromatic carbocycles. The second-order valence-electron chi connectivity index (χ2n) is 6.08. The van der Waals surface area contributed by atoms with Gasteiger partial charge in [-0.25, -0.2) is 0 Å². The fraction of sp³-hybridized carbons (Fsp3) is 0.143. The summed E-state index contributed by atoms with van der Waals surface area (Å²) in [6.45, 7) is -0.902. The van der Waals surface area contributed by atoms with Crippen molar-refractivity contribution in [2.45, 2.75) is 4.90 Å². The molecule has 0 radical (unpaired) electrons. The fourth-order valence-electron chi connectivity index (χ4n) is 2.58. The second kappa shape index (κ2) is 10.8. The Morgan fingerprint density at radius 2 is 1.87 bits per heavy atom. The lowest BCUT2D eigenvalue weighted by molar-refractivity contribution is -0.146. The third-order valence-electron chi connectivity index (χ3n) is 3.95. The molecule has 0 fully saturated rings. The van der Waals surface area contributed by atoms with Crippen LogP contribution in [0, 0.1) is 11.3 Å². The van der Waals surface area contributed by atoms with Crippen LogP contribution in [0.25, 0.3) is 10.1 Å². The van der Waals surface area contributed by atoms with Crippen LogP contribution in [0.2, 0.25) is 5.02 Å². The summed E-state index contributed by atoms with van der Waals surface area (Å²) in [5.41, 5.74) is 0.525. The zero-order chi connectivity index (χ0) is 22.2. The summed E-state index contributed by atoms with van der Waals surface area (Å²) in [4.78, 5) is 37.4. The number of fused-ring (bicyclic) bond motifs is 1. The van der Waals surface area contributed by atoms with Gasteiger partial charge < -0.3 is 15.4 Å². The van der Waals surface area contributed by atoms with E-state index >= 15 is 0 Å². The van der Waals surface area contributed by atoms with E-state index in [1.54, 1.807) is 24.3 Å². The Bertz CT molecular complexity index is 1170. The van der Waals surface area contributed by atoms with Gasteiger partial charge in [0.05, 0.1) is 22.5 Å². The van der Waals surface area contributed by atoms with E-state index in [0.29, 0.717) is 15.6 Å². The van der Waals surface area contributed by atoms with Crippen molar-refractivity contribution in [2.75, 3.05) is 24.2 Å². The number of nitrogens with zero attached hydrogens (tertiary/aromatic N) is 1. The summed E-state index contributed by atoms with van der Waals surface area (Å²) in [6.07, 6.45) is 0. The van der Waals surface area contributed by atoms with E-state index in [-0.39, 0.29) is 5.75 Å². The number of esters is 1. The minimum Gasteiger partial charge on any atom is -0.454 e. The summed E-state index contributed by atoms with van der Waals surface area (Å²) in [6, 6.07) is 16.4. The minimum atomic E-state index is -0.757. The van der Waals surface area contributed by atoms with Crippen LogP contribution in [0.4, 0.5) is 5.69 Å². The van der Waals surface area contributed by atoms with Crippen molar-refractivity contribution in [1.29, 1.82) is 5.26 Å². The van der Waals surface area contributed by atoms with Crippen LogP contribution in [0.3, 0.4) is 0 Å². The number of amides is 2. The van der Waals surface area contributed by atoms with Gasteiger partial charge in [0.2, 0.25) is 0 Å². The SMILES string of the molecule is N#CCSc1ccccc1NC(=O)COC(=O)CNC(=O)c1sc2ccccc2c1Cl. The molecule has 0 saturated carbocycles. The molecule has 158 valence electrons. The molecule has 1 heterocycles. The van der Waals surface area contributed by atoms with Crippen LogP contribution < -0.4 is 10.6 Å². The highest BCUT2D eigenvalue weighted by Gasteiger charge is 2.18. The number of carbonyl (C=O) groups excluding carboxylic acids is 3. The fourth-order valence-corrected chi connectivity index (χ4v) is 4.68. The number of thioether (sulfide) groups is 1. The molecule has 0 unspecified atom stereocenters. The highest BCUT2D eigenvalue weighted by atomic mass is 35.5. The van der Waals surface area contributed by atoms with Crippen LogP contribution in [0.15, 0.2) is 53.4 Å². The van der Waals surface area contributed by atoms with E-state index in [0.717, 1.165) is 15.0 Å². The van der Waals surface area contributed by atoms with E-state index in [9.17, 15) is 14.4 Å². The number of hydrogen-bond donors (Lipinski definition) is 2. The molecule has 3 aromatic rings. The van der Waals surface area contributed by atoms with Gasteiger partial charge in [-0.2, -0.15) is 5.26 Å². The van der Waals surface area contributed by atoms with Gasteiger partial charge in [-0.1, -0.05) is 41.9 Å². The van der Waals surface area contributed by atoms with Gasteiger partial charge in [-0.15, -0.1) is 23.1 Å².